The fraction of sp³-hybridized carbons (Fsp3) is 0.250. The molecule has 0 amide bonds. The third-order valence-corrected chi connectivity index (χ3v) is 4.44. The summed E-state index contributed by atoms with van der Waals surface area (Å²) in [6.45, 7) is 3.80. The van der Waals surface area contributed by atoms with Gasteiger partial charge in [0.2, 0.25) is 0 Å². The molecule has 0 radical (unpaired) electrons. The van der Waals surface area contributed by atoms with Crippen molar-refractivity contribution in [3.8, 4) is 5.75 Å². The van der Waals surface area contributed by atoms with Gasteiger partial charge in [-0.25, -0.2) is 8.78 Å². The first-order chi connectivity index (χ1) is 9.85. The summed E-state index contributed by atoms with van der Waals surface area (Å²) in [5.41, 5.74) is 6.23. The molecule has 2 aromatic carbocycles. The zero-order valence-corrected chi connectivity index (χ0v) is 12.9. The molecule has 0 unspecified atom stereocenters. The topological polar surface area (TPSA) is 35.2 Å². The Morgan fingerprint density at radius 3 is 2.38 bits per heavy atom. The lowest BCUT2D eigenvalue weighted by atomic mass is 10.0. The molecule has 2 rings (SSSR count). The average Bonchev–Trinajstić information content (AvgIpc) is 2.42. The molecule has 112 valence electrons. The molecule has 0 aliphatic heterocycles. The molecule has 0 saturated heterocycles. The third kappa shape index (κ3) is 3.29. The first-order valence-electron chi connectivity index (χ1n) is 6.42. The van der Waals surface area contributed by atoms with Crippen LogP contribution in [0.25, 0.3) is 0 Å². The second kappa shape index (κ2) is 5.93. The number of benzene rings is 2. The quantitative estimate of drug-likeness (QED) is 0.663. The molecule has 0 bridgehead atoms. The zero-order valence-electron chi connectivity index (χ0n) is 12.1. The van der Waals surface area contributed by atoms with Crippen LogP contribution >= 0.6 is 11.8 Å². The lowest BCUT2D eigenvalue weighted by Crippen LogP contribution is -2.14. The fourth-order valence-electron chi connectivity index (χ4n) is 2.07. The minimum atomic E-state index is -0.553. The van der Waals surface area contributed by atoms with Gasteiger partial charge in [-0.15, -0.1) is 11.8 Å². The van der Waals surface area contributed by atoms with E-state index in [2.05, 4.69) is 0 Å². The van der Waals surface area contributed by atoms with Crippen molar-refractivity contribution in [2.75, 3.05) is 12.8 Å². The summed E-state index contributed by atoms with van der Waals surface area (Å²) < 4.78 is 32.1. The molecule has 0 fully saturated rings. The van der Waals surface area contributed by atoms with Crippen LogP contribution < -0.4 is 10.5 Å². The maximum atomic E-state index is 14.0. The molecule has 0 spiro atoms. The molecule has 21 heavy (non-hydrogen) atoms. The summed E-state index contributed by atoms with van der Waals surface area (Å²) in [7, 11) is 1.46. The monoisotopic (exact) mass is 309 g/mol. The normalized spacial score (nSPS) is 11.5. The molecule has 2 nitrogen and oxygen atoms in total. The number of anilines is 1. The van der Waals surface area contributed by atoms with Crippen LogP contribution in [0.3, 0.4) is 0 Å². The Balaban J connectivity index is 2.41. The molecule has 2 aromatic rings. The van der Waals surface area contributed by atoms with Gasteiger partial charge in [0, 0.05) is 16.4 Å². The smallest absolute Gasteiger partial charge is 0.149 e. The van der Waals surface area contributed by atoms with E-state index in [0.717, 1.165) is 0 Å². The molecule has 2 N–H and O–H groups in total. The van der Waals surface area contributed by atoms with Gasteiger partial charge in [0.05, 0.1) is 17.7 Å². The summed E-state index contributed by atoms with van der Waals surface area (Å²) in [4.78, 5) is 0.671. The van der Waals surface area contributed by atoms with Gasteiger partial charge in [-0.2, -0.15) is 0 Å². The summed E-state index contributed by atoms with van der Waals surface area (Å²) in [5, 5.41) is 0. The van der Waals surface area contributed by atoms with Crippen molar-refractivity contribution < 1.29 is 13.5 Å². The molecule has 0 aromatic heterocycles. The van der Waals surface area contributed by atoms with Crippen molar-refractivity contribution in [3.63, 3.8) is 0 Å². The summed E-state index contributed by atoms with van der Waals surface area (Å²) in [5.74, 6) is -0.417. The standard InChI is InChI=1S/C16H17F2NOS/c1-16(2,10-6-4-5-7-11(10)17)21-15-9-13(19)12(18)8-14(15)20-3/h4-9H,19H2,1-3H3. The maximum absolute atomic E-state index is 14.0. The number of rotatable bonds is 4. The lowest BCUT2D eigenvalue weighted by molar-refractivity contribution is 0.401. The van der Waals surface area contributed by atoms with Crippen LogP contribution in [-0.4, -0.2) is 7.11 Å². The predicted molar refractivity (Wildman–Crippen MR) is 82.6 cm³/mol. The second-order valence-corrected chi connectivity index (χ2v) is 6.78. The van der Waals surface area contributed by atoms with Crippen molar-refractivity contribution in [3.05, 3.63) is 53.6 Å². The molecular weight excluding hydrogens is 292 g/mol. The van der Waals surface area contributed by atoms with Crippen LogP contribution in [0.2, 0.25) is 0 Å². The highest BCUT2D eigenvalue weighted by Crippen LogP contribution is 2.45. The van der Waals surface area contributed by atoms with Gasteiger partial charge >= 0.3 is 0 Å². The van der Waals surface area contributed by atoms with E-state index >= 15 is 0 Å². The van der Waals surface area contributed by atoms with Crippen LogP contribution in [-0.2, 0) is 4.75 Å². The lowest BCUT2D eigenvalue weighted by Gasteiger charge is -2.26. The van der Waals surface area contributed by atoms with Crippen LogP contribution in [0.15, 0.2) is 41.3 Å². The molecule has 0 aliphatic carbocycles. The summed E-state index contributed by atoms with van der Waals surface area (Å²) in [6, 6.07) is 9.36. The first-order valence-corrected chi connectivity index (χ1v) is 7.24. The largest absolute Gasteiger partial charge is 0.495 e. The third-order valence-electron chi connectivity index (χ3n) is 3.17. The average molecular weight is 309 g/mol. The van der Waals surface area contributed by atoms with Crippen molar-refractivity contribution >= 4 is 17.4 Å². The van der Waals surface area contributed by atoms with E-state index in [0.29, 0.717) is 16.2 Å². The maximum Gasteiger partial charge on any atom is 0.149 e. The van der Waals surface area contributed by atoms with E-state index in [1.165, 1.54) is 37.1 Å². The molecular formula is C16H17F2NOS. The highest BCUT2D eigenvalue weighted by Gasteiger charge is 2.27. The first kappa shape index (κ1) is 15.6. The summed E-state index contributed by atoms with van der Waals surface area (Å²) in [6.07, 6.45) is 0. The Kier molecular flexibility index (Phi) is 4.42. The second-order valence-electron chi connectivity index (χ2n) is 5.12. The minimum Gasteiger partial charge on any atom is -0.495 e. The number of halogens is 2. The molecule has 5 heteroatoms. The van der Waals surface area contributed by atoms with Crippen molar-refractivity contribution in [1.29, 1.82) is 0 Å². The Bertz CT molecular complexity index is 659. The van der Waals surface area contributed by atoms with E-state index in [1.54, 1.807) is 18.2 Å². The Hall–Kier alpha value is -1.75. The fourth-order valence-corrected chi connectivity index (χ4v) is 3.32. The SMILES string of the molecule is COc1cc(F)c(N)cc1SC(C)(C)c1ccccc1F. The van der Waals surface area contributed by atoms with Crippen molar-refractivity contribution in [2.24, 2.45) is 0 Å². The van der Waals surface area contributed by atoms with E-state index in [-0.39, 0.29) is 11.5 Å². The van der Waals surface area contributed by atoms with Crippen LogP contribution in [0.4, 0.5) is 14.5 Å². The van der Waals surface area contributed by atoms with Gasteiger partial charge in [0.25, 0.3) is 0 Å². The number of ether oxygens (including phenoxy) is 1. The van der Waals surface area contributed by atoms with Crippen LogP contribution in [0.5, 0.6) is 5.75 Å². The highest BCUT2D eigenvalue weighted by atomic mass is 32.2. The predicted octanol–water partition coefficient (Wildman–Crippen LogP) is 4.58. The van der Waals surface area contributed by atoms with Gasteiger partial charge in [0.15, 0.2) is 0 Å². The summed E-state index contributed by atoms with van der Waals surface area (Å²) >= 11 is 1.38. The van der Waals surface area contributed by atoms with E-state index in [9.17, 15) is 8.78 Å². The number of hydrogen-bond donors (Lipinski definition) is 1. The molecule has 0 heterocycles. The minimum absolute atomic E-state index is 0.0441. The Labute approximate surface area is 127 Å². The van der Waals surface area contributed by atoms with Gasteiger partial charge in [0.1, 0.15) is 17.4 Å². The van der Waals surface area contributed by atoms with Crippen molar-refractivity contribution in [2.45, 2.75) is 23.5 Å². The molecule has 0 atom stereocenters. The van der Waals surface area contributed by atoms with Crippen molar-refractivity contribution in [1.82, 2.24) is 0 Å². The Morgan fingerprint density at radius 1 is 1.10 bits per heavy atom. The van der Waals surface area contributed by atoms with E-state index < -0.39 is 10.6 Å². The molecule has 0 saturated carbocycles. The van der Waals surface area contributed by atoms with Gasteiger partial charge in [-0.1, -0.05) is 18.2 Å². The van der Waals surface area contributed by atoms with Gasteiger partial charge < -0.3 is 10.5 Å². The number of nitrogens with two attached hydrogens (primary N) is 1. The number of nitrogen functional groups attached to an aromatic ring is 1. The van der Waals surface area contributed by atoms with Crippen LogP contribution in [0, 0.1) is 11.6 Å². The molecule has 0 aliphatic rings. The van der Waals surface area contributed by atoms with Gasteiger partial charge in [-0.3, -0.25) is 0 Å². The number of hydrogen-bond acceptors (Lipinski definition) is 3. The van der Waals surface area contributed by atoms with E-state index in [1.807, 2.05) is 13.8 Å². The number of methoxy groups -OCH3 is 1. The Morgan fingerprint density at radius 2 is 1.76 bits per heavy atom. The number of thioether (sulfide) groups is 1. The van der Waals surface area contributed by atoms with E-state index in [4.69, 9.17) is 10.5 Å². The van der Waals surface area contributed by atoms with Crippen LogP contribution in [0.1, 0.15) is 19.4 Å². The highest BCUT2D eigenvalue weighted by molar-refractivity contribution is 8.00. The zero-order chi connectivity index (χ0) is 15.6. The van der Waals surface area contributed by atoms with Gasteiger partial charge in [-0.05, 0) is 26.0 Å².